The van der Waals surface area contributed by atoms with Crippen molar-refractivity contribution in [3.05, 3.63) is 65.5 Å². The van der Waals surface area contributed by atoms with E-state index in [2.05, 4.69) is 16.8 Å². The standard InChI is InChI=1S/C20H15NO3/c1-13-10-16-15(12-21-13)11-18-19(20(16)22-2)17(23-24-18)9-8-14-6-4-3-5-7-14/h3-7,10-12,17H,1-2H3. The van der Waals surface area contributed by atoms with E-state index in [0.29, 0.717) is 5.75 Å². The summed E-state index contributed by atoms with van der Waals surface area (Å²) in [6.07, 6.45) is 1.31. The molecule has 3 aromatic rings. The minimum absolute atomic E-state index is 0.493. The van der Waals surface area contributed by atoms with E-state index in [9.17, 15) is 0 Å². The molecular formula is C20H15NO3. The number of aromatic nitrogens is 1. The van der Waals surface area contributed by atoms with Crippen molar-refractivity contribution in [2.75, 3.05) is 7.11 Å². The number of rotatable bonds is 1. The van der Waals surface area contributed by atoms with Gasteiger partial charge in [0.25, 0.3) is 0 Å². The van der Waals surface area contributed by atoms with E-state index in [-0.39, 0.29) is 0 Å². The number of hydrogen-bond donors (Lipinski definition) is 0. The molecule has 118 valence electrons. The van der Waals surface area contributed by atoms with Crippen LogP contribution in [0.25, 0.3) is 10.8 Å². The second-order valence-corrected chi connectivity index (χ2v) is 5.56. The Labute approximate surface area is 139 Å². The van der Waals surface area contributed by atoms with Gasteiger partial charge in [0.2, 0.25) is 0 Å². The van der Waals surface area contributed by atoms with Crippen LogP contribution in [0.2, 0.25) is 0 Å². The fraction of sp³-hybridized carbons (Fsp3) is 0.150. The van der Waals surface area contributed by atoms with Crippen LogP contribution < -0.4 is 9.62 Å². The van der Waals surface area contributed by atoms with E-state index in [0.717, 1.165) is 33.3 Å². The molecule has 1 unspecified atom stereocenters. The molecule has 0 saturated carbocycles. The third-order valence-corrected chi connectivity index (χ3v) is 3.93. The molecule has 0 N–H and O–H groups in total. The first-order valence-electron chi connectivity index (χ1n) is 7.63. The van der Waals surface area contributed by atoms with Crippen molar-refractivity contribution in [2.45, 2.75) is 13.0 Å². The summed E-state index contributed by atoms with van der Waals surface area (Å²) in [6, 6.07) is 13.7. The van der Waals surface area contributed by atoms with Gasteiger partial charge in [0, 0.05) is 28.2 Å². The van der Waals surface area contributed by atoms with Crippen molar-refractivity contribution in [3.8, 4) is 23.3 Å². The first-order chi connectivity index (χ1) is 11.8. The highest BCUT2D eigenvalue weighted by atomic mass is 17.2. The lowest BCUT2D eigenvalue weighted by Crippen LogP contribution is -1.97. The number of fused-ring (bicyclic) bond motifs is 2. The Morgan fingerprint density at radius 1 is 1.17 bits per heavy atom. The summed E-state index contributed by atoms with van der Waals surface area (Å²) >= 11 is 0. The summed E-state index contributed by atoms with van der Waals surface area (Å²) in [4.78, 5) is 15.1. The number of aryl methyl sites for hydroxylation is 1. The molecule has 0 saturated heterocycles. The third kappa shape index (κ3) is 2.45. The molecule has 1 atom stereocenters. The molecule has 24 heavy (non-hydrogen) atoms. The molecule has 2 heterocycles. The Morgan fingerprint density at radius 3 is 2.79 bits per heavy atom. The maximum atomic E-state index is 5.65. The lowest BCUT2D eigenvalue weighted by Gasteiger charge is -2.10. The van der Waals surface area contributed by atoms with Gasteiger partial charge < -0.3 is 9.62 Å². The van der Waals surface area contributed by atoms with Gasteiger partial charge in [-0.3, -0.25) is 4.98 Å². The molecule has 4 rings (SSSR count). The van der Waals surface area contributed by atoms with E-state index >= 15 is 0 Å². The largest absolute Gasteiger partial charge is 0.496 e. The van der Waals surface area contributed by atoms with Crippen LogP contribution in [0.5, 0.6) is 11.5 Å². The minimum atomic E-state index is -0.493. The third-order valence-electron chi connectivity index (χ3n) is 3.93. The molecule has 0 fully saturated rings. The first-order valence-corrected chi connectivity index (χ1v) is 7.63. The van der Waals surface area contributed by atoms with Crippen LogP contribution in [-0.2, 0) is 4.89 Å². The smallest absolute Gasteiger partial charge is 0.197 e. The van der Waals surface area contributed by atoms with Crippen LogP contribution in [0.3, 0.4) is 0 Å². The van der Waals surface area contributed by atoms with Gasteiger partial charge in [-0.25, -0.2) is 0 Å². The molecule has 0 amide bonds. The summed E-state index contributed by atoms with van der Waals surface area (Å²) in [5.74, 6) is 7.57. The molecule has 0 aliphatic carbocycles. The Hall–Kier alpha value is -3.03. The van der Waals surface area contributed by atoms with Crippen molar-refractivity contribution in [3.63, 3.8) is 0 Å². The molecule has 0 spiro atoms. The molecule has 1 aromatic heterocycles. The minimum Gasteiger partial charge on any atom is -0.496 e. The number of nitrogens with zero attached hydrogens (tertiary/aromatic N) is 1. The lowest BCUT2D eigenvalue weighted by molar-refractivity contribution is -0.207. The van der Waals surface area contributed by atoms with E-state index in [1.165, 1.54) is 0 Å². The summed E-state index contributed by atoms with van der Waals surface area (Å²) in [6.45, 7) is 1.95. The van der Waals surface area contributed by atoms with Crippen LogP contribution in [0.4, 0.5) is 0 Å². The molecule has 4 nitrogen and oxygen atoms in total. The Morgan fingerprint density at radius 2 is 2.00 bits per heavy atom. The summed E-state index contributed by atoms with van der Waals surface area (Å²) < 4.78 is 5.65. The molecule has 2 aromatic carbocycles. The van der Waals surface area contributed by atoms with Crippen LogP contribution >= 0.6 is 0 Å². The van der Waals surface area contributed by atoms with Crippen LogP contribution in [0.1, 0.15) is 22.9 Å². The number of methoxy groups -OCH3 is 1. The summed E-state index contributed by atoms with van der Waals surface area (Å²) in [5, 5.41) is 1.92. The maximum absolute atomic E-state index is 5.65. The van der Waals surface area contributed by atoms with Crippen LogP contribution in [0.15, 0.2) is 48.7 Å². The van der Waals surface area contributed by atoms with Crippen molar-refractivity contribution >= 4 is 10.8 Å². The monoisotopic (exact) mass is 317 g/mol. The van der Waals surface area contributed by atoms with Crippen molar-refractivity contribution in [2.24, 2.45) is 0 Å². The average Bonchev–Trinajstić information content (AvgIpc) is 3.01. The molecule has 1 aliphatic heterocycles. The van der Waals surface area contributed by atoms with Crippen LogP contribution in [-0.4, -0.2) is 12.1 Å². The second kappa shape index (κ2) is 5.88. The van der Waals surface area contributed by atoms with Gasteiger partial charge in [-0.2, -0.15) is 4.89 Å². The van der Waals surface area contributed by atoms with E-state index in [1.807, 2.05) is 49.4 Å². The second-order valence-electron chi connectivity index (χ2n) is 5.56. The van der Waals surface area contributed by atoms with Crippen LogP contribution in [0, 0.1) is 18.8 Å². The van der Waals surface area contributed by atoms with Crippen molar-refractivity contribution in [1.82, 2.24) is 4.98 Å². The van der Waals surface area contributed by atoms with Gasteiger partial charge in [-0.1, -0.05) is 30.0 Å². The molecule has 1 aliphatic rings. The summed E-state index contributed by atoms with van der Waals surface area (Å²) in [7, 11) is 1.64. The zero-order valence-electron chi connectivity index (χ0n) is 13.4. The van der Waals surface area contributed by atoms with Gasteiger partial charge in [0.05, 0.1) is 12.7 Å². The number of ether oxygens (including phenoxy) is 1. The van der Waals surface area contributed by atoms with Gasteiger partial charge in [0.15, 0.2) is 11.9 Å². The predicted octanol–water partition coefficient (Wildman–Crippen LogP) is 3.97. The predicted molar refractivity (Wildman–Crippen MR) is 90.8 cm³/mol. The fourth-order valence-electron chi connectivity index (χ4n) is 2.81. The Balaban J connectivity index is 1.84. The highest BCUT2D eigenvalue weighted by molar-refractivity contribution is 5.91. The topological polar surface area (TPSA) is 40.6 Å². The number of benzene rings is 2. The zero-order chi connectivity index (χ0) is 16.5. The average molecular weight is 317 g/mol. The molecule has 0 bridgehead atoms. The molecular weight excluding hydrogens is 302 g/mol. The van der Waals surface area contributed by atoms with Crippen molar-refractivity contribution in [1.29, 1.82) is 0 Å². The SMILES string of the molecule is COc1c2c(cc3cnc(C)cc13)OOC2C#Cc1ccccc1. The van der Waals surface area contributed by atoms with Gasteiger partial charge in [-0.05, 0) is 31.2 Å². The quantitative estimate of drug-likeness (QED) is 0.503. The highest BCUT2D eigenvalue weighted by Crippen LogP contribution is 2.45. The zero-order valence-corrected chi connectivity index (χ0v) is 13.4. The number of hydrogen-bond acceptors (Lipinski definition) is 4. The highest BCUT2D eigenvalue weighted by Gasteiger charge is 2.30. The lowest BCUT2D eigenvalue weighted by atomic mass is 10.0. The van der Waals surface area contributed by atoms with E-state index < -0.39 is 6.10 Å². The fourth-order valence-corrected chi connectivity index (χ4v) is 2.81. The number of pyridine rings is 1. The van der Waals surface area contributed by atoms with E-state index in [1.54, 1.807) is 13.3 Å². The Kier molecular flexibility index (Phi) is 3.56. The first kappa shape index (κ1) is 14.6. The van der Waals surface area contributed by atoms with Gasteiger partial charge in [-0.15, -0.1) is 0 Å². The molecule has 4 heteroatoms. The van der Waals surface area contributed by atoms with Gasteiger partial charge >= 0.3 is 0 Å². The van der Waals surface area contributed by atoms with E-state index in [4.69, 9.17) is 14.5 Å². The normalized spacial score (nSPS) is 15.3. The van der Waals surface area contributed by atoms with Gasteiger partial charge in [0.1, 0.15) is 5.75 Å². The summed E-state index contributed by atoms with van der Waals surface area (Å²) in [5.41, 5.74) is 2.67. The Bertz CT molecular complexity index is 971. The maximum Gasteiger partial charge on any atom is 0.197 e. The van der Waals surface area contributed by atoms with Crippen molar-refractivity contribution < 1.29 is 14.5 Å². The molecule has 0 radical (unpaired) electrons.